The number of hydrazone groups is 1. The van der Waals surface area contributed by atoms with Crippen molar-refractivity contribution in [1.82, 2.24) is 5.01 Å². The molecule has 0 saturated carbocycles. The lowest BCUT2D eigenvalue weighted by atomic mass is 10.0. The number of anilines is 1. The van der Waals surface area contributed by atoms with Crippen molar-refractivity contribution >= 4 is 33.1 Å². The third-order valence-electron chi connectivity index (χ3n) is 4.61. The smallest absolute Gasteiger partial charge is 0.261 e. The number of benzene rings is 1. The van der Waals surface area contributed by atoms with Crippen LogP contribution in [-0.4, -0.2) is 55.3 Å². The largest absolute Gasteiger partial charge is 0.454 e. The number of carbonyl (C=O) groups excluding carboxylic acids is 2. The van der Waals surface area contributed by atoms with Gasteiger partial charge in [-0.2, -0.15) is 5.10 Å². The number of hydrogen-bond acceptors (Lipinski definition) is 7. The van der Waals surface area contributed by atoms with Gasteiger partial charge in [-0.05, 0) is 25.5 Å². The highest BCUT2D eigenvalue weighted by Gasteiger charge is 2.44. The van der Waals surface area contributed by atoms with Crippen LogP contribution in [-0.2, 0) is 19.4 Å². The van der Waals surface area contributed by atoms with Gasteiger partial charge in [-0.1, -0.05) is 0 Å². The molecule has 4 rings (SSSR count). The second-order valence-electron chi connectivity index (χ2n) is 6.47. The van der Waals surface area contributed by atoms with Crippen LogP contribution < -0.4 is 14.8 Å². The Labute approximate surface area is 149 Å². The van der Waals surface area contributed by atoms with Crippen molar-refractivity contribution in [2.75, 3.05) is 23.6 Å². The monoisotopic (exact) mass is 379 g/mol. The fourth-order valence-corrected chi connectivity index (χ4v) is 5.00. The highest BCUT2D eigenvalue weighted by molar-refractivity contribution is 7.91. The van der Waals surface area contributed by atoms with Crippen LogP contribution in [0.1, 0.15) is 13.3 Å². The van der Waals surface area contributed by atoms with Gasteiger partial charge in [-0.25, -0.2) is 13.4 Å². The summed E-state index contributed by atoms with van der Waals surface area (Å²) in [5.41, 5.74) is 0.819. The van der Waals surface area contributed by atoms with Crippen molar-refractivity contribution in [3.05, 3.63) is 18.2 Å². The lowest BCUT2D eigenvalue weighted by molar-refractivity contribution is -0.137. The number of amides is 2. The van der Waals surface area contributed by atoms with Gasteiger partial charge in [0.25, 0.3) is 5.91 Å². The molecule has 0 aromatic heterocycles. The number of rotatable bonds is 3. The molecule has 3 heterocycles. The summed E-state index contributed by atoms with van der Waals surface area (Å²) >= 11 is 0. The SMILES string of the molecule is CC1=NN([C@@H]2CCS(=O)(=O)C2)C(=O)[C@H]1C(=O)Nc1ccc2c(c1)OCO2. The van der Waals surface area contributed by atoms with Crippen LogP contribution in [0.3, 0.4) is 0 Å². The second-order valence-corrected chi connectivity index (χ2v) is 8.70. The summed E-state index contributed by atoms with van der Waals surface area (Å²) in [6, 6.07) is 4.43. The summed E-state index contributed by atoms with van der Waals surface area (Å²) in [6.07, 6.45) is 0.335. The lowest BCUT2D eigenvalue weighted by Gasteiger charge is -2.19. The molecule has 138 valence electrons. The van der Waals surface area contributed by atoms with E-state index in [1.54, 1.807) is 25.1 Å². The van der Waals surface area contributed by atoms with Crippen LogP contribution in [0.4, 0.5) is 5.69 Å². The molecule has 1 N–H and O–H groups in total. The first-order chi connectivity index (χ1) is 12.3. The van der Waals surface area contributed by atoms with Gasteiger partial charge in [0.05, 0.1) is 23.3 Å². The molecule has 0 aliphatic carbocycles. The maximum atomic E-state index is 12.6. The Morgan fingerprint density at radius 2 is 2.08 bits per heavy atom. The summed E-state index contributed by atoms with van der Waals surface area (Å²) in [5, 5.41) is 7.99. The fraction of sp³-hybridized carbons (Fsp3) is 0.438. The first-order valence-electron chi connectivity index (χ1n) is 8.13. The predicted molar refractivity (Wildman–Crippen MR) is 91.7 cm³/mol. The quantitative estimate of drug-likeness (QED) is 0.759. The average Bonchev–Trinajstić information content (AvgIpc) is 3.24. The highest BCUT2D eigenvalue weighted by Crippen LogP contribution is 2.34. The van der Waals surface area contributed by atoms with E-state index >= 15 is 0 Å². The minimum absolute atomic E-state index is 0.0318. The summed E-state index contributed by atoms with van der Waals surface area (Å²) in [6.45, 7) is 1.71. The van der Waals surface area contributed by atoms with Crippen molar-refractivity contribution < 1.29 is 27.5 Å². The number of sulfone groups is 1. The molecule has 1 fully saturated rings. The molecule has 2 amide bonds. The van der Waals surface area contributed by atoms with E-state index < -0.39 is 33.6 Å². The molecule has 26 heavy (non-hydrogen) atoms. The summed E-state index contributed by atoms with van der Waals surface area (Å²) in [4.78, 5) is 25.2. The number of nitrogens with zero attached hydrogens (tertiary/aromatic N) is 2. The Hall–Kier alpha value is -2.62. The van der Waals surface area contributed by atoms with E-state index in [-0.39, 0.29) is 18.3 Å². The van der Waals surface area contributed by atoms with Gasteiger partial charge in [0.2, 0.25) is 12.7 Å². The molecule has 0 unspecified atom stereocenters. The standard InChI is InChI=1S/C16H17N3O6S/c1-9-14(16(21)19(18-9)11-4-5-26(22,23)7-11)15(20)17-10-2-3-12-13(6-10)25-8-24-12/h2-3,6,11,14H,4-5,7-8H2,1H3,(H,17,20)/t11-,14-/m1/s1. The van der Waals surface area contributed by atoms with Crippen LogP contribution in [0.15, 0.2) is 23.3 Å². The topological polar surface area (TPSA) is 114 Å². The van der Waals surface area contributed by atoms with Crippen molar-refractivity contribution in [3.63, 3.8) is 0 Å². The van der Waals surface area contributed by atoms with Gasteiger partial charge in [-0.3, -0.25) is 9.59 Å². The first-order valence-corrected chi connectivity index (χ1v) is 9.95. The molecule has 0 bridgehead atoms. The molecule has 0 radical (unpaired) electrons. The maximum Gasteiger partial charge on any atom is 0.261 e. The Morgan fingerprint density at radius 3 is 2.81 bits per heavy atom. The third-order valence-corrected chi connectivity index (χ3v) is 6.36. The van der Waals surface area contributed by atoms with E-state index in [0.29, 0.717) is 29.3 Å². The van der Waals surface area contributed by atoms with Crippen molar-refractivity contribution in [3.8, 4) is 11.5 Å². The summed E-state index contributed by atoms with van der Waals surface area (Å²) in [5.74, 6) is -1.06. The molecule has 1 aromatic rings. The van der Waals surface area contributed by atoms with Crippen molar-refractivity contribution in [2.24, 2.45) is 11.0 Å². The lowest BCUT2D eigenvalue weighted by Crippen LogP contribution is -2.40. The van der Waals surface area contributed by atoms with Gasteiger partial charge in [0, 0.05) is 11.8 Å². The van der Waals surface area contributed by atoms with Crippen LogP contribution in [0, 0.1) is 5.92 Å². The predicted octanol–water partition coefficient (Wildman–Crippen LogP) is 0.375. The van der Waals surface area contributed by atoms with Crippen LogP contribution >= 0.6 is 0 Å². The first kappa shape index (κ1) is 16.8. The normalized spacial score (nSPS) is 26.1. The zero-order chi connectivity index (χ0) is 18.5. The van der Waals surface area contributed by atoms with Crippen LogP contribution in [0.5, 0.6) is 11.5 Å². The number of ether oxygens (including phenoxy) is 2. The van der Waals surface area contributed by atoms with Gasteiger partial charge < -0.3 is 14.8 Å². The van der Waals surface area contributed by atoms with E-state index in [1.165, 1.54) is 0 Å². The molecule has 3 aliphatic heterocycles. The highest BCUT2D eigenvalue weighted by atomic mass is 32.2. The van der Waals surface area contributed by atoms with E-state index in [1.807, 2.05) is 0 Å². The Morgan fingerprint density at radius 1 is 1.31 bits per heavy atom. The van der Waals surface area contributed by atoms with Gasteiger partial charge in [-0.15, -0.1) is 0 Å². The summed E-state index contributed by atoms with van der Waals surface area (Å²) in [7, 11) is -3.16. The Balaban J connectivity index is 1.48. The fourth-order valence-electron chi connectivity index (χ4n) is 3.31. The van der Waals surface area contributed by atoms with E-state index in [9.17, 15) is 18.0 Å². The van der Waals surface area contributed by atoms with Gasteiger partial charge in [0.1, 0.15) is 0 Å². The molecule has 2 atom stereocenters. The minimum Gasteiger partial charge on any atom is -0.454 e. The average molecular weight is 379 g/mol. The zero-order valence-corrected chi connectivity index (χ0v) is 14.8. The zero-order valence-electron chi connectivity index (χ0n) is 14.0. The maximum absolute atomic E-state index is 12.6. The van der Waals surface area contributed by atoms with E-state index in [2.05, 4.69) is 10.4 Å². The molecule has 3 aliphatic rings. The third kappa shape index (κ3) is 2.90. The van der Waals surface area contributed by atoms with Crippen molar-refractivity contribution in [1.29, 1.82) is 0 Å². The molecule has 0 spiro atoms. The van der Waals surface area contributed by atoms with Crippen LogP contribution in [0.2, 0.25) is 0 Å². The minimum atomic E-state index is -3.16. The van der Waals surface area contributed by atoms with Gasteiger partial charge >= 0.3 is 0 Å². The molecule has 10 heteroatoms. The van der Waals surface area contributed by atoms with Gasteiger partial charge in [0.15, 0.2) is 27.3 Å². The van der Waals surface area contributed by atoms with E-state index in [0.717, 1.165) is 5.01 Å². The molecular formula is C16H17N3O6S. The summed E-state index contributed by atoms with van der Waals surface area (Å²) < 4.78 is 33.8. The number of fused-ring (bicyclic) bond motifs is 1. The molecule has 1 saturated heterocycles. The molecule has 1 aromatic carbocycles. The number of nitrogens with one attached hydrogen (secondary N) is 1. The Bertz CT molecular complexity index is 926. The molecular weight excluding hydrogens is 362 g/mol. The number of hydrogen-bond donors (Lipinski definition) is 1. The number of carbonyl (C=O) groups is 2. The second kappa shape index (κ2) is 5.97. The van der Waals surface area contributed by atoms with E-state index in [4.69, 9.17) is 9.47 Å². The van der Waals surface area contributed by atoms with Crippen LogP contribution in [0.25, 0.3) is 0 Å². The Kier molecular flexibility index (Phi) is 3.87. The molecule has 9 nitrogen and oxygen atoms in total. The van der Waals surface area contributed by atoms with Crippen molar-refractivity contribution in [2.45, 2.75) is 19.4 Å².